The van der Waals surface area contributed by atoms with Crippen LogP contribution in [-0.4, -0.2) is 36.8 Å². The highest BCUT2D eigenvalue weighted by Gasteiger charge is 2.13. The molecule has 2 heterocycles. The molecule has 0 saturated carbocycles. The van der Waals surface area contributed by atoms with Crippen LogP contribution in [-0.2, 0) is 4.74 Å². The Labute approximate surface area is 102 Å². The number of hydrogen-bond donors (Lipinski definition) is 2. The highest BCUT2D eigenvalue weighted by atomic mass is 16.5. The topological polar surface area (TPSA) is 59.1 Å². The lowest BCUT2D eigenvalue weighted by atomic mass is 10.0. The Morgan fingerprint density at radius 2 is 2.24 bits per heavy atom. The average molecular weight is 236 g/mol. The third kappa shape index (κ3) is 3.56. The van der Waals surface area contributed by atoms with Gasteiger partial charge in [-0.2, -0.15) is 0 Å². The van der Waals surface area contributed by atoms with Crippen molar-refractivity contribution in [2.45, 2.75) is 19.8 Å². The summed E-state index contributed by atoms with van der Waals surface area (Å²) >= 11 is 0. The fourth-order valence-corrected chi connectivity index (χ4v) is 2.00. The summed E-state index contributed by atoms with van der Waals surface area (Å²) in [5.74, 6) is 3.10. The predicted octanol–water partition coefficient (Wildman–Crippen LogP) is 1.67. The largest absolute Gasteiger partial charge is 0.381 e. The van der Waals surface area contributed by atoms with E-state index in [1.165, 1.54) is 6.42 Å². The van der Waals surface area contributed by atoms with Crippen LogP contribution in [0.2, 0.25) is 0 Å². The SMILES string of the molecule is CNc1cc(NCC2CCCOC2)nc(C)n1. The van der Waals surface area contributed by atoms with E-state index in [0.717, 1.165) is 43.6 Å². The van der Waals surface area contributed by atoms with Crippen molar-refractivity contribution in [3.63, 3.8) is 0 Å². The van der Waals surface area contributed by atoms with E-state index in [0.29, 0.717) is 5.92 Å². The molecule has 1 unspecified atom stereocenters. The van der Waals surface area contributed by atoms with Gasteiger partial charge in [0.15, 0.2) is 0 Å². The number of aryl methyl sites for hydroxylation is 1. The van der Waals surface area contributed by atoms with Crippen LogP contribution in [0.4, 0.5) is 11.6 Å². The van der Waals surface area contributed by atoms with Crippen molar-refractivity contribution in [1.29, 1.82) is 0 Å². The Kier molecular flexibility index (Phi) is 4.14. The van der Waals surface area contributed by atoms with Gasteiger partial charge >= 0.3 is 0 Å². The first-order chi connectivity index (χ1) is 8.28. The van der Waals surface area contributed by atoms with Gasteiger partial charge in [0.1, 0.15) is 17.5 Å². The molecule has 1 fully saturated rings. The Morgan fingerprint density at radius 1 is 1.41 bits per heavy atom. The van der Waals surface area contributed by atoms with E-state index in [1.54, 1.807) is 0 Å². The quantitative estimate of drug-likeness (QED) is 0.832. The second kappa shape index (κ2) is 5.82. The van der Waals surface area contributed by atoms with Crippen molar-refractivity contribution in [1.82, 2.24) is 9.97 Å². The molecule has 1 atom stereocenters. The maximum absolute atomic E-state index is 5.45. The van der Waals surface area contributed by atoms with Crippen LogP contribution in [0, 0.1) is 12.8 Å². The molecule has 0 spiro atoms. The normalized spacial score (nSPS) is 20.0. The van der Waals surface area contributed by atoms with Crippen LogP contribution in [0.5, 0.6) is 0 Å². The van der Waals surface area contributed by atoms with Gasteiger partial charge in [-0.25, -0.2) is 9.97 Å². The zero-order valence-electron chi connectivity index (χ0n) is 10.5. The predicted molar refractivity (Wildman–Crippen MR) is 68.3 cm³/mol. The van der Waals surface area contributed by atoms with Crippen molar-refractivity contribution in [2.75, 3.05) is 37.4 Å². The first kappa shape index (κ1) is 12.1. The van der Waals surface area contributed by atoms with Crippen LogP contribution in [0.25, 0.3) is 0 Å². The van der Waals surface area contributed by atoms with Gasteiger partial charge in [-0.15, -0.1) is 0 Å². The van der Waals surface area contributed by atoms with Crippen molar-refractivity contribution in [2.24, 2.45) is 5.92 Å². The van der Waals surface area contributed by atoms with Crippen LogP contribution in [0.15, 0.2) is 6.07 Å². The smallest absolute Gasteiger partial charge is 0.131 e. The standard InChI is InChI=1S/C12H20N4O/c1-9-15-11(13-2)6-12(16-9)14-7-10-4-3-5-17-8-10/h6,10H,3-5,7-8H2,1-2H3,(H2,13,14,15,16). The van der Waals surface area contributed by atoms with Crippen LogP contribution in [0.3, 0.4) is 0 Å². The molecule has 17 heavy (non-hydrogen) atoms. The summed E-state index contributed by atoms with van der Waals surface area (Å²) in [6.07, 6.45) is 2.40. The van der Waals surface area contributed by atoms with E-state index < -0.39 is 0 Å². The van der Waals surface area contributed by atoms with E-state index in [4.69, 9.17) is 4.74 Å². The fourth-order valence-electron chi connectivity index (χ4n) is 2.00. The number of nitrogens with zero attached hydrogens (tertiary/aromatic N) is 2. The van der Waals surface area contributed by atoms with Crippen LogP contribution < -0.4 is 10.6 Å². The van der Waals surface area contributed by atoms with Gasteiger partial charge in [0.2, 0.25) is 0 Å². The molecule has 1 aliphatic rings. The lowest BCUT2D eigenvalue weighted by Gasteiger charge is -2.22. The molecule has 1 aromatic rings. The molecule has 0 amide bonds. The molecular weight excluding hydrogens is 216 g/mol. The maximum Gasteiger partial charge on any atom is 0.131 e. The molecule has 0 aliphatic carbocycles. The molecule has 5 nitrogen and oxygen atoms in total. The summed E-state index contributed by atoms with van der Waals surface area (Å²) in [4.78, 5) is 8.62. The number of hydrogen-bond acceptors (Lipinski definition) is 5. The van der Waals surface area contributed by atoms with E-state index in [-0.39, 0.29) is 0 Å². The second-order valence-electron chi connectivity index (χ2n) is 4.40. The van der Waals surface area contributed by atoms with E-state index in [2.05, 4.69) is 20.6 Å². The van der Waals surface area contributed by atoms with Gasteiger partial charge in [0, 0.05) is 26.3 Å². The minimum atomic E-state index is 0.594. The minimum Gasteiger partial charge on any atom is -0.381 e. The second-order valence-corrected chi connectivity index (χ2v) is 4.40. The Bertz CT molecular complexity index is 364. The average Bonchev–Trinajstić information content (AvgIpc) is 2.37. The zero-order chi connectivity index (χ0) is 12.1. The van der Waals surface area contributed by atoms with Gasteiger partial charge in [-0.05, 0) is 25.7 Å². The van der Waals surface area contributed by atoms with Crippen molar-refractivity contribution in [3.8, 4) is 0 Å². The zero-order valence-corrected chi connectivity index (χ0v) is 10.5. The first-order valence-electron chi connectivity index (χ1n) is 6.13. The summed E-state index contributed by atoms with van der Waals surface area (Å²) in [5.41, 5.74) is 0. The van der Waals surface area contributed by atoms with Crippen LogP contribution in [0.1, 0.15) is 18.7 Å². The molecule has 94 valence electrons. The van der Waals surface area contributed by atoms with Crippen molar-refractivity contribution in [3.05, 3.63) is 11.9 Å². The molecule has 0 bridgehead atoms. The molecule has 2 N–H and O–H groups in total. The molecule has 1 aliphatic heterocycles. The summed E-state index contributed by atoms with van der Waals surface area (Å²) < 4.78 is 5.45. The molecule has 1 saturated heterocycles. The number of rotatable bonds is 4. The summed E-state index contributed by atoms with van der Waals surface area (Å²) in [6.45, 7) is 4.58. The van der Waals surface area contributed by atoms with Gasteiger partial charge in [-0.1, -0.05) is 0 Å². The third-order valence-corrected chi connectivity index (χ3v) is 2.92. The lowest BCUT2D eigenvalue weighted by molar-refractivity contribution is 0.0595. The Hall–Kier alpha value is -1.36. The number of anilines is 2. The highest BCUT2D eigenvalue weighted by molar-refractivity contribution is 5.47. The van der Waals surface area contributed by atoms with Gasteiger partial charge in [-0.3, -0.25) is 0 Å². The van der Waals surface area contributed by atoms with Gasteiger partial charge in [0.05, 0.1) is 6.61 Å². The minimum absolute atomic E-state index is 0.594. The molecule has 0 aromatic carbocycles. The van der Waals surface area contributed by atoms with E-state index in [1.807, 2.05) is 20.0 Å². The Morgan fingerprint density at radius 3 is 2.94 bits per heavy atom. The lowest BCUT2D eigenvalue weighted by Crippen LogP contribution is -2.24. The molecule has 0 radical (unpaired) electrons. The van der Waals surface area contributed by atoms with Gasteiger partial charge in [0.25, 0.3) is 0 Å². The molecular formula is C12H20N4O. The van der Waals surface area contributed by atoms with E-state index >= 15 is 0 Å². The number of nitrogens with one attached hydrogen (secondary N) is 2. The fraction of sp³-hybridized carbons (Fsp3) is 0.667. The van der Waals surface area contributed by atoms with Crippen LogP contribution >= 0.6 is 0 Å². The monoisotopic (exact) mass is 236 g/mol. The first-order valence-corrected chi connectivity index (χ1v) is 6.13. The maximum atomic E-state index is 5.45. The third-order valence-electron chi connectivity index (χ3n) is 2.92. The summed E-state index contributed by atoms with van der Waals surface area (Å²) in [6, 6.07) is 1.93. The van der Waals surface area contributed by atoms with Crippen molar-refractivity contribution >= 4 is 11.6 Å². The summed E-state index contributed by atoms with van der Waals surface area (Å²) in [5, 5.41) is 6.39. The Balaban J connectivity index is 1.91. The highest BCUT2D eigenvalue weighted by Crippen LogP contribution is 2.15. The van der Waals surface area contributed by atoms with Gasteiger partial charge < -0.3 is 15.4 Å². The molecule has 5 heteroatoms. The number of ether oxygens (including phenoxy) is 1. The molecule has 2 rings (SSSR count). The van der Waals surface area contributed by atoms with E-state index in [9.17, 15) is 0 Å². The molecule has 1 aromatic heterocycles. The number of aromatic nitrogens is 2. The summed E-state index contributed by atoms with van der Waals surface area (Å²) in [7, 11) is 1.86. The van der Waals surface area contributed by atoms with Crippen molar-refractivity contribution < 1.29 is 4.74 Å².